The maximum absolute atomic E-state index is 11.9. The molecule has 6 heteroatoms. The van der Waals surface area contributed by atoms with Crippen LogP contribution in [0.2, 0.25) is 0 Å². The number of hydrogen-bond donors (Lipinski definition) is 1. The van der Waals surface area contributed by atoms with Crippen LogP contribution in [0.5, 0.6) is 5.75 Å². The molecule has 0 saturated heterocycles. The van der Waals surface area contributed by atoms with E-state index in [0.717, 1.165) is 12.1 Å². The second-order valence-corrected chi connectivity index (χ2v) is 3.02. The monoisotopic (exact) mass is 243 g/mol. The van der Waals surface area contributed by atoms with Crippen molar-refractivity contribution in [3.63, 3.8) is 0 Å². The molecule has 0 fully saturated rings. The molecule has 0 bridgehead atoms. The van der Waals surface area contributed by atoms with Gasteiger partial charge in [0.15, 0.2) is 0 Å². The van der Waals surface area contributed by atoms with Crippen molar-refractivity contribution in [2.75, 3.05) is 0 Å². The number of amides is 1. The Morgan fingerprint density at radius 3 is 2.71 bits per heavy atom. The van der Waals surface area contributed by atoms with Gasteiger partial charge in [0.05, 0.1) is 6.42 Å². The fourth-order valence-corrected chi connectivity index (χ4v) is 1.00. The van der Waals surface area contributed by atoms with Gasteiger partial charge >= 0.3 is 6.36 Å². The lowest BCUT2D eigenvalue weighted by atomic mass is 10.2. The van der Waals surface area contributed by atoms with E-state index in [-0.39, 0.29) is 12.2 Å². The molecule has 0 atom stereocenters. The zero-order valence-corrected chi connectivity index (χ0v) is 8.54. The molecule has 0 heterocycles. The van der Waals surface area contributed by atoms with Gasteiger partial charge in [0.25, 0.3) is 0 Å². The molecule has 0 aliphatic rings. The van der Waals surface area contributed by atoms with Crippen LogP contribution in [0, 0.1) is 11.8 Å². The van der Waals surface area contributed by atoms with Crippen molar-refractivity contribution >= 4 is 5.91 Å². The number of ether oxygens (including phenoxy) is 1. The highest BCUT2D eigenvalue weighted by atomic mass is 19.4. The zero-order valence-electron chi connectivity index (χ0n) is 8.54. The lowest BCUT2D eigenvalue weighted by molar-refractivity contribution is -0.274. The Labute approximate surface area is 95.4 Å². The Bertz CT molecular complexity index is 472. The summed E-state index contributed by atoms with van der Waals surface area (Å²) in [5.41, 5.74) is 5.17. The molecule has 2 N–H and O–H groups in total. The summed E-state index contributed by atoms with van der Waals surface area (Å²) < 4.78 is 39.4. The molecule has 1 aromatic rings. The Kier molecular flexibility index (Phi) is 3.99. The van der Waals surface area contributed by atoms with Crippen molar-refractivity contribution in [3.05, 3.63) is 29.8 Å². The third kappa shape index (κ3) is 5.47. The second-order valence-electron chi connectivity index (χ2n) is 3.02. The van der Waals surface area contributed by atoms with Crippen molar-refractivity contribution in [1.82, 2.24) is 0 Å². The molecular weight excluding hydrogens is 235 g/mol. The molecule has 0 aromatic heterocycles. The summed E-state index contributed by atoms with van der Waals surface area (Å²) >= 11 is 0. The van der Waals surface area contributed by atoms with Gasteiger partial charge in [-0.3, -0.25) is 4.79 Å². The molecule has 0 radical (unpaired) electrons. The molecule has 0 saturated carbocycles. The number of carbonyl (C=O) groups is 1. The maximum Gasteiger partial charge on any atom is 0.573 e. The highest BCUT2D eigenvalue weighted by molar-refractivity contribution is 5.76. The van der Waals surface area contributed by atoms with Gasteiger partial charge < -0.3 is 10.5 Å². The largest absolute Gasteiger partial charge is 0.573 e. The van der Waals surface area contributed by atoms with Crippen molar-refractivity contribution in [2.45, 2.75) is 12.8 Å². The fraction of sp³-hybridized carbons (Fsp3) is 0.182. The van der Waals surface area contributed by atoms with E-state index in [0.29, 0.717) is 5.56 Å². The van der Waals surface area contributed by atoms with Gasteiger partial charge in [0.2, 0.25) is 5.91 Å². The molecule has 0 aliphatic carbocycles. The van der Waals surface area contributed by atoms with E-state index in [4.69, 9.17) is 5.73 Å². The topological polar surface area (TPSA) is 52.3 Å². The lowest BCUT2D eigenvalue weighted by Gasteiger charge is -2.08. The van der Waals surface area contributed by atoms with E-state index >= 15 is 0 Å². The van der Waals surface area contributed by atoms with E-state index in [2.05, 4.69) is 16.6 Å². The summed E-state index contributed by atoms with van der Waals surface area (Å²) in [6, 6.07) is 5.15. The van der Waals surface area contributed by atoms with Crippen LogP contribution >= 0.6 is 0 Å². The predicted molar refractivity (Wildman–Crippen MR) is 53.8 cm³/mol. The minimum absolute atomic E-state index is 0.148. The highest BCUT2D eigenvalue weighted by Crippen LogP contribution is 2.22. The number of hydrogen-bond acceptors (Lipinski definition) is 2. The Morgan fingerprint density at radius 1 is 1.41 bits per heavy atom. The van der Waals surface area contributed by atoms with Crippen LogP contribution < -0.4 is 10.5 Å². The average molecular weight is 243 g/mol. The zero-order chi connectivity index (χ0) is 12.9. The first kappa shape index (κ1) is 12.9. The summed E-state index contributed by atoms with van der Waals surface area (Å²) in [6.45, 7) is 0. The summed E-state index contributed by atoms with van der Waals surface area (Å²) in [6.07, 6.45) is -4.89. The Morgan fingerprint density at radius 2 is 2.12 bits per heavy atom. The smallest absolute Gasteiger partial charge is 0.406 e. The number of halogens is 3. The molecule has 1 aromatic carbocycles. The maximum atomic E-state index is 11.9. The normalized spacial score (nSPS) is 10.3. The van der Waals surface area contributed by atoms with E-state index in [1.807, 2.05) is 0 Å². The summed E-state index contributed by atoms with van der Waals surface area (Å²) in [7, 11) is 0. The van der Waals surface area contributed by atoms with E-state index < -0.39 is 12.3 Å². The molecule has 1 rings (SSSR count). The van der Waals surface area contributed by atoms with Crippen molar-refractivity contribution in [3.8, 4) is 17.6 Å². The average Bonchev–Trinajstić information content (AvgIpc) is 2.14. The number of nitrogens with two attached hydrogens (primary N) is 1. The van der Waals surface area contributed by atoms with Crippen LogP contribution in [0.1, 0.15) is 12.0 Å². The van der Waals surface area contributed by atoms with Crippen molar-refractivity contribution < 1.29 is 22.7 Å². The SMILES string of the molecule is NC(=O)CC#Cc1cccc(OC(F)(F)F)c1. The van der Waals surface area contributed by atoms with E-state index in [1.165, 1.54) is 12.1 Å². The molecule has 0 spiro atoms. The predicted octanol–water partition coefficient (Wildman–Crippen LogP) is 1.81. The van der Waals surface area contributed by atoms with Crippen LogP contribution in [0.4, 0.5) is 13.2 Å². The minimum atomic E-state index is -4.74. The Hall–Kier alpha value is -2.16. The fourth-order valence-electron chi connectivity index (χ4n) is 1.00. The molecule has 3 nitrogen and oxygen atoms in total. The summed E-state index contributed by atoms with van der Waals surface area (Å²) in [5, 5.41) is 0. The number of primary amides is 1. The second kappa shape index (κ2) is 5.25. The van der Waals surface area contributed by atoms with Crippen LogP contribution in [-0.2, 0) is 4.79 Å². The van der Waals surface area contributed by atoms with Gasteiger partial charge in [-0.1, -0.05) is 17.9 Å². The van der Waals surface area contributed by atoms with Crippen LogP contribution in [0.25, 0.3) is 0 Å². The van der Waals surface area contributed by atoms with Gasteiger partial charge in [0.1, 0.15) is 5.75 Å². The highest BCUT2D eigenvalue weighted by Gasteiger charge is 2.30. The first-order valence-electron chi connectivity index (χ1n) is 4.50. The summed E-state index contributed by atoms with van der Waals surface area (Å²) in [5.74, 6) is 3.98. The number of rotatable bonds is 2. The molecule has 90 valence electrons. The quantitative estimate of drug-likeness (QED) is 0.805. The molecule has 17 heavy (non-hydrogen) atoms. The molecule has 0 aliphatic heterocycles. The molecule has 1 amide bonds. The van der Waals surface area contributed by atoms with Crippen molar-refractivity contribution in [1.29, 1.82) is 0 Å². The molecule has 0 unspecified atom stereocenters. The number of benzene rings is 1. The Balaban J connectivity index is 2.78. The van der Waals surface area contributed by atoms with Gasteiger partial charge in [-0.05, 0) is 18.2 Å². The number of alkyl halides is 3. The van der Waals surface area contributed by atoms with E-state index in [1.54, 1.807) is 0 Å². The van der Waals surface area contributed by atoms with Gasteiger partial charge in [0, 0.05) is 5.56 Å². The van der Waals surface area contributed by atoms with Gasteiger partial charge in [-0.25, -0.2) is 0 Å². The lowest BCUT2D eigenvalue weighted by Crippen LogP contribution is -2.17. The van der Waals surface area contributed by atoms with Crippen LogP contribution in [0.3, 0.4) is 0 Å². The van der Waals surface area contributed by atoms with Crippen molar-refractivity contribution in [2.24, 2.45) is 5.73 Å². The first-order valence-corrected chi connectivity index (χ1v) is 4.50. The van der Waals surface area contributed by atoms with Crippen LogP contribution in [0.15, 0.2) is 24.3 Å². The number of carbonyl (C=O) groups excluding carboxylic acids is 1. The first-order chi connectivity index (χ1) is 7.87. The van der Waals surface area contributed by atoms with Gasteiger partial charge in [-0.2, -0.15) is 0 Å². The third-order valence-electron chi connectivity index (χ3n) is 1.56. The molecular formula is C11H8F3NO2. The van der Waals surface area contributed by atoms with Gasteiger partial charge in [-0.15, -0.1) is 13.2 Å². The minimum Gasteiger partial charge on any atom is -0.406 e. The van der Waals surface area contributed by atoms with Crippen LogP contribution in [-0.4, -0.2) is 12.3 Å². The summed E-state index contributed by atoms with van der Waals surface area (Å²) in [4.78, 5) is 10.4. The standard InChI is InChI=1S/C11H8F3NO2/c12-11(13,14)17-9-5-1-3-8(7-9)4-2-6-10(15)16/h1,3,5,7H,6H2,(H2,15,16). The van der Waals surface area contributed by atoms with E-state index in [9.17, 15) is 18.0 Å². The third-order valence-corrected chi connectivity index (χ3v) is 1.56.